The lowest BCUT2D eigenvalue weighted by atomic mass is 9.85. The van der Waals surface area contributed by atoms with Gasteiger partial charge in [0.05, 0.1) is 12.3 Å². The van der Waals surface area contributed by atoms with Crippen molar-refractivity contribution in [2.75, 3.05) is 13.1 Å². The molecule has 0 radical (unpaired) electrons. The lowest BCUT2D eigenvalue weighted by molar-refractivity contribution is -0.149. The number of nitrogens with zero attached hydrogens (tertiary/aromatic N) is 2. The molecule has 6 rings (SSSR count). The average molecular weight is 473 g/mol. The summed E-state index contributed by atoms with van der Waals surface area (Å²) in [7, 11) is 0. The van der Waals surface area contributed by atoms with Crippen molar-refractivity contribution >= 4 is 22.9 Å². The maximum absolute atomic E-state index is 13.5. The van der Waals surface area contributed by atoms with E-state index in [2.05, 4.69) is 40.4 Å². The van der Waals surface area contributed by atoms with E-state index in [1.165, 1.54) is 27.8 Å². The molecule has 2 unspecified atom stereocenters. The van der Waals surface area contributed by atoms with E-state index in [1.807, 2.05) is 31.1 Å². The molecule has 2 atom stereocenters. The van der Waals surface area contributed by atoms with Crippen molar-refractivity contribution < 1.29 is 14.3 Å². The van der Waals surface area contributed by atoms with Crippen LogP contribution in [0.1, 0.15) is 61.4 Å². The number of hydrogen-bond acceptors (Lipinski definition) is 5. The number of amides is 1. The Labute approximate surface area is 205 Å². The highest BCUT2D eigenvalue weighted by Gasteiger charge is 2.48. The zero-order valence-electron chi connectivity index (χ0n) is 20.6. The molecule has 35 heavy (non-hydrogen) atoms. The van der Waals surface area contributed by atoms with Gasteiger partial charge < -0.3 is 19.9 Å². The van der Waals surface area contributed by atoms with Gasteiger partial charge in [0.2, 0.25) is 5.91 Å². The molecule has 1 amide bonds. The number of hydrogen-bond donors (Lipinski definition) is 2. The van der Waals surface area contributed by atoms with Crippen LogP contribution < -0.4 is 5.32 Å². The van der Waals surface area contributed by atoms with Crippen molar-refractivity contribution in [3.8, 4) is 11.1 Å². The van der Waals surface area contributed by atoms with E-state index >= 15 is 0 Å². The quantitative estimate of drug-likeness (QED) is 0.558. The summed E-state index contributed by atoms with van der Waals surface area (Å²) in [5.74, 6) is -0.681. The number of nitrogens with one attached hydrogen (secondary N) is 2. The number of aromatic amines is 1. The second-order valence-corrected chi connectivity index (χ2v) is 10.8. The highest BCUT2D eigenvalue weighted by atomic mass is 16.6. The van der Waals surface area contributed by atoms with Crippen LogP contribution in [-0.2, 0) is 27.3 Å². The standard InChI is InChI=1S/C28H32N4O3/c1-16-13-30-26-20(16)11-19(14-31-26)18-9-17-6-8-32(27(34)23-12-25(33)35-28(23,2)3)15-22(17)21(10-18)24-5-4-7-29-24/h9-11,13-14,23-24,29H,4-8,12,15H2,1-3H3,(H,30,31). The van der Waals surface area contributed by atoms with Crippen molar-refractivity contribution in [1.82, 2.24) is 20.2 Å². The predicted octanol–water partition coefficient (Wildman–Crippen LogP) is 4.19. The summed E-state index contributed by atoms with van der Waals surface area (Å²) >= 11 is 0. The van der Waals surface area contributed by atoms with Gasteiger partial charge in [0.25, 0.3) is 0 Å². The number of pyridine rings is 1. The number of H-pyrrole nitrogens is 1. The molecule has 3 aromatic rings. The molecule has 0 spiro atoms. The minimum Gasteiger partial charge on any atom is -0.459 e. The van der Waals surface area contributed by atoms with Gasteiger partial charge in [-0.25, -0.2) is 4.98 Å². The molecule has 3 aliphatic heterocycles. The van der Waals surface area contributed by atoms with Crippen molar-refractivity contribution in [1.29, 1.82) is 0 Å². The van der Waals surface area contributed by atoms with Gasteiger partial charge in [0.1, 0.15) is 11.2 Å². The molecule has 0 bridgehead atoms. The lowest BCUT2D eigenvalue weighted by Crippen LogP contribution is -2.45. The smallest absolute Gasteiger partial charge is 0.307 e. The van der Waals surface area contributed by atoms with Crippen LogP contribution in [0, 0.1) is 12.8 Å². The molecule has 0 saturated carbocycles. The average Bonchev–Trinajstić information content (AvgIpc) is 3.56. The fraction of sp³-hybridized carbons (Fsp3) is 0.464. The Morgan fingerprint density at radius 3 is 2.83 bits per heavy atom. The molecule has 7 heteroatoms. The van der Waals surface area contributed by atoms with Gasteiger partial charge >= 0.3 is 5.97 Å². The zero-order chi connectivity index (χ0) is 24.3. The molecule has 182 valence electrons. The molecular formula is C28H32N4O3. The Kier molecular flexibility index (Phi) is 5.22. The topological polar surface area (TPSA) is 87.3 Å². The van der Waals surface area contributed by atoms with Crippen LogP contribution in [-0.4, -0.2) is 45.4 Å². The van der Waals surface area contributed by atoms with E-state index in [-0.39, 0.29) is 24.3 Å². The number of carbonyl (C=O) groups excluding carboxylic acids is 2. The van der Waals surface area contributed by atoms with Gasteiger partial charge in [-0.3, -0.25) is 9.59 Å². The van der Waals surface area contributed by atoms with Gasteiger partial charge in [-0.05, 0) is 86.5 Å². The molecule has 2 saturated heterocycles. The van der Waals surface area contributed by atoms with E-state index in [0.717, 1.165) is 42.4 Å². The van der Waals surface area contributed by atoms with E-state index in [9.17, 15) is 9.59 Å². The fourth-order valence-corrected chi connectivity index (χ4v) is 6.03. The van der Waals surface area contributed by atoms with Crippen LogP contribution in [0.3, 0.4) is 0 Å². The van der Waals surface area contributed by atoms with Crippen molar-refractivity contribution in [2.45, 2.75) is 64.6 Å². The van der Waals surface area contributed by atoms with Crippen LogP contribution in [0.2, 0.25) is 0 Å². The van der Waals surface area contributed by atoms with E-state index in [0.29, 0.717) is 13.1 Å². The summed E-state index contributed by atoms with van der Waals surface area (Å²) in [4.78, 5) is 35.2. The number of rotatable bonds is 3. The van der Waals surface area contributed by atoms with E-state index < -0.39 is 11.5 Å². The molecule has 2 fully saturated rings. The fourth-order valence-electron chi connectivity index (χ4n) is 6.03. The Morgan fingerprint density at radius 1 is 1.23 bits per heavy atom. The number of aryl methyl sites for hydroxylation is 1. The van der Waals surface area contributed by atoms with Crippen molar-refractivity contribution in [3.63, 3.8) is 0 Å². The summed E-state index contributed by atoms with van der Waals surface area (Å²) in [5, 5.41) is 4.81. The molecule has 7 nitrogen and oxygen atoms in total. The third-order valence-corrected chi connectivity index (χ3v) is 8.08. The number of fused-ring (bicyclic) bond motifs is 2. The van der Waals surface area contributed by atoms with Crippen molar-refractivity contribution in [2.24, 2.45) is 5.92 Å². The van der Waals surface area contributed by atoms with Gasteiger partial charge in [-0.2, -0.15) is 0 Å². The molecule has 2 N–H and O–H groups in total. The lowest BCUT2D eigenvalue weighted by Gasteiger charge is -2.35. The minimum atomic E-state index is -0.754. The van der Waals surface area contributed by atoms with E-state index in [1.54, 1.807) is 0 Å². The molecule has 0 aliphatic carbocycles. The predicted molar refractivity (Wildman–Crippen MR) is 134 cm³/mol. The number of benzene rings is 1. The summed E-state index contributed by atoms with van der Waals surface area (Å²) in [6.45, 7) is 8.03. The summed E-state index contributed by atoms with van der Waals surface area (Å²) in [6, 6.07) is 7.09. The maximum Gasteiger partial charge on any atom is 0.307 e. The summed E-state index contributed by atoms with van der Waals surface area (Å²) in [6.07, 6.45) is 7.16. The first kappa shape index (κ1) is 22.3. The maximum atomic E-state index is 13.5. The summed E-state index contributed by atoms with van der Waals surface area (Å²) in [5.41, 5.74) is 7.49. The van der Waals surface area contributed by atoms with Gasteiger partial charge in [-0.1, -0.05) is 6.07 Å². The molecule has 5 heterocycles. The molecule has 2 aromatic heterocycles. The Morgan fingerprint density at radius 2 is 2.09 bits per heavy atom. The normalized spacial score (nSPS) is 23.5. The zero-order valence-corrected chi connectivity index (χ0v) is 20.6. The largest absolute Gasteiger partial charge is 0.459 e. The first-order valence-electron chi connectivity index (χ1n) is 12.6. The number of cyclic esters (lactones) is 1. The third kappa shape index (κ3) is 3.82. The van der Waals surface area contributed by atoms with Gasteiger partial charge in [0, 0.05) is 42.5 Å². The van der Waals surface area contributed by atoms with Crippen molar-refractivity contribution in [3.05, 3.63) is 52.8 Å². The first-order valence-corrected chi connectivity index (χ1v) is 12.6. The highest BCUT2D eigenvalue weighted by molar-refractivity contribution is 5.88. The second kappa shape index (κ2) is 8.19. The Bertz CT molecular complexity index is 1340. The third-order valence-electron chi connectivity index (χ3n) is 8.08. The number of ether oxygens (including phenoxy) is 1. The summed E-state index contributed by atoms with van der Waals surface area (Å²) < 4.78 is 5.44. The first-order chi connectivity index (χ1) is 16.8. The minimum absolute atomic E-state index is 0.0264. The van der Waals surface area contributed by atoms with Crippen LogP contribution in [0.15, 0.2) is 30.6 Å². The van der Waals surface area contributed by atoms with Crippen LogP contribution in [0.25, 0.3) is 22.2 Å². The van der Waals surface area contributed by atoms with Crippen LogP contribution in [0.4, 0.5) is 0 Å². The SMILES string of the molecule is Cc1c[nH]c2ncc(-c3cc4c(c(C5CCCN5)c3)CN(C(=O)C3CC(=O)OC3(C)C)CC4)cc12. The van der Waals surface area contributed by atoms with Gasteiger partial charge in [-0.15, -0.1) is 0 Å². The Hall–Kier alpha value is -3.19. The number of esters is 1. The van der Waals surface area contributed by atoms with Crippen LogP contribution in [0.5, 0.6) is 0 Å². The monoisotopic (exact) mass is 472 g/mol. The van der Waals surface area contributed by atoms with Crippen LogP contribution >= 0.6 is 0 Å². The molecule has 3 aliphatic rings. The molecule has 1 aromatic carbocycles. The Balaban J connectivity index is 1.37. The van der Waals surface area contributed by atoms with E-state index in [4.69, 9.17) is 4.74 Å². The number of aromatic nitrogens is 2. The number of carbonyl (C=O) groups is 2. The van der Waals surface area contributed by atoms with Gasteiger partial charge in [0.15, 0.2) is 0 Å². The highest BCUT2D eigenvalue weighted by Crippen LogP contribution is 2.38. The second-order valence-electron chi connectivity index (χ2n) is 10.8. The molecular weight excluding hydrogens is 440 g/mol.